The van der Waals surface area contributed by atoms with Gasteiger partial charge in [-0.3, -0.25) is 0 Å². The molecular formula is C12H18O3. The fraction of sp³-hybridized carbons (Fsp3) is 1.00. The van der Waals surface area contributed by atoms with E-state index < -0.39 is 0 Å². The van der Waals surface area contributed by atoms with Crippen LogP contribution in [0.1, 0.15) is 12.8 Å². The minimum atomic E-state index is 0.257. The number of aliphatic hydroxyl groups is 2. The second-order valence-corrected chi connectivity index (χ2v) is 5.87. The lowest BCUT2D eigenvalue weighted by Crippen LogP contribution is -2.38. The van der Waals surface area contributed by atoms with Crippen molar-refractivity contribution < 1.29 is 14.9 Å². The third-order valence-corrected chi connectivity index (χ3v) is 5.66. The summed E-state index contributed by atoms with van der Waals surface area (Å²) < 4.78 is 5.64. The molecule has 0 spiro atoms. The van der Waals surface area contributed by atoms with Crippen LogP contribution in [-0.2, 0) is 4.74 Å². The van der Waals surface area contributed by atoms with E-state index in [1.165, 1.54) is 12.8 Å². The molecule has 3 saturated carbocycles. The van der Waals surface area contributed by atoms with Crippen molar-refractivity contribution in [1.29, 1.82) is 0 Å². The first-order chi connectivity index (χ1) is 7.35. The molecule has 0 amide bonds. The minimum Gasteiger partial charge on any atom is -0.396 e. The van der Waals surface area contributed by atoms with E-state index >= 15 is 0 Å². The van der Waals surface area contributed by atoms with Crippen LogP contribution in [0, 0.1) is 35.5 Å². The molecule has 8 unspecified atom stereocenters. The van der Waals surface area contributed by atoms with Crippen LogP contribution in [0.25, 0.3) is 0 Å². The number of aliphatic hydroxyl groups excluding tert-OH is 2. The Labute approximate surface area is 89.4 Å². The van der Waals surface area contributed by atoms with Gasteiger partial charge in [-0.1, -0.05) is 0 Å². The van der Waals surface area contributed by atoms with E-state index in [9.17, 15) is 10.2 Å². The Morgan fingerprint density at radius 1 is 0.933 bits per heavy atom. The lowest BCUT2D eigenvalue weighted by Gasteiger charge is -2.37. The molecule has 0 aromatic rings. The van der Waals surface area contributed by atoms with Crippen LogP contribution >= 0.6 is 0 Å². The molecule has 4 fully saturated rings. The first-order valence-corrected chi connectivity index (χ1v) is 6.22. The van der Waals surface area contributed by atoms with Crippen LogP contribution in [0.15, 0.2) is 0 Å². The van der Waals surface area contributed by atoms with E-state index in [-0.39, 0.29) is 13.2 Å². The lowest BCUT2D eigenvalue weighted by atomic mass is 9.69. The van der Waals surface area contributed by atoms with Crippen LogP contribution in [0.4, 0.5) is 0 Å². The highest BCUT2D eigenvalue weighted by Crippen LogP contribution is 2.67. The normalized spacial score (nSPS) is 64.4. The summed E-state index contributed by atoms with van der Waals surface area (Å²) in [5.74, 6) is 3.57. The zero-order chi connectivity index (χ0) is 10.2. The van der Waals surface area contributed by atoms with Crippen LogP contribution in [0.3, 0.4) is 0 Å². The molecule has 1 aliphatic heterocycles. The highest BCUT2D eigenvalue weighted by molar-refractivity contribution is 5.15. The fourth-order valence-corrected chi connectivity index (χ4v) is 5.15. The maximum Gasteiger partial charge on any atom is 0.0875 e. The molecule has 8 atom stereocenters. The summed E-state index contributed by atoms with van der Waals surface area (Å²) in [5.41, 5.74) is 0. The summed E-state index contributed by atoms with van der Waals surface area (Å²) in [7, 11) is 0. The van der Waals surface area contributed by atoms with Gasteiger partial charge in [0.15, 0.2) is 0 Å². The maximum atomic E-state index is 9.46. The molecule has 2 bridgehead atoms. The van der Waals surface area contributed by atoms with Crippen molar-refractivity contribution in [2.75, 3.05) is 13.2 Å². The van der Waals surface area contributed by atoms with Gasteiger partial charge in [0.1, 0.15) is 0 Å². The lowest BCUT2D eigenvalue weighted by molar-refractivity contribution is 0.0104. The first kappa shape index (κ1) is 8.97. The molecule has 2 N–H and O–H groups in total. The third-order valence-electron chi connectivity index (χ3n) is 5.66. The number of hydrogen-bond donors (Lipinski definition) is 2. The quantitative estimate of drug-likeness (QED) is 0.643. The van der Waals surface area contributed by atoms with Crippen molar-refractivity contribution in [3.05, 3.63) is 0 Å². The summed E-state index contributed by atoms with van der Waals surface area (Å²) in [6.07, 6.45) is 3.53. The second-order valence-electron chi connectivity index (χ2n) is 5.87. The predicted octanol–water partition coefficient (Wildman–Crippen LogP) is 0.257. The van der Waals surface area contributed by atoms with Gasteiger partial charge in [-0.2, -0.15) is 0 Å². The Morgan fingerprint density at radius 2 is 1.67 bits per heavy atom. The Hall–Kier alpha value is -0.120. The number of ether oxygens (including phenoxy) is 1. The average Bonchev–Trinajstić information content (AvgIpc) is 2.67. The van der Waals surface area contributed by atoms with E-state index in [1.807, 2.05) is 0 Å². The summed E-state index contributed by atoms with van der Waals surface area (Å²) in [5, 5.41) is 18.9. The fourth-order valence-electron chi connectivity index (χ4n) is 5.15. The maximum absolute atomic E-state index is 9.46. The highest BCUT2D eigenvalue weighted by Gasteiger charge is 2.68. The summed E-state index contributed by atoms with van der Waals surface area (Å²) >= 11 is 0. The molecule has 0 radical (unpaired) electrons. The monoisotopic (exact) mass is 210 g/mol. The Kier molecular flexibility index (Phi) is 1.65. The molecule has 4 rings (SSSR count). The standard InChI is InChI=1S/C12H18O3/c13-3-8-5-1-6(9(8)4-14)11-7(5)2-10-12(11)15-10/h5-14H,1-4H2. The molecule has 84 valence electrons. The van der Waals surface area contributed by atoms with Crippen LogP contribution in [0.5, 0.6) is 0 Å². The average molecular weight is 210 g/mol. The minimum absolute atomic E-state index is 0.257. The van der Waals surface area contributed by atoms with E-state index in [2.05, 4.69) is 0 Å². The van der Waals surface area contributed by atoms with Gasteiger partial charge in [0, 0.05) is 13.2 Å². The van der Waals surface area contributed by atoms with Gasteiger partial charge in [-0.25, -0.2) is 0 Å². The first-order valence-electron chi connectivity index (χ1n) is 6.22. The van der Waals surface area contributed by atoms with Gasteiger partial charge in [-0.15, -0.1) is 0 Å². The molecule has 3 nitrogen and oxygen atoms in total. The van der Waals surface area contributed by atoms with E-state index in [4.69, 9.17) is 4.74 Å². The zero-order valence-electron chi connectivity index (χ0n) is 8.75. The van der Waals surface area contributed by atoms with E-state index in [0.29, 0.717) is 35.9 Å². The summed E-state index contributed by atoms with van der Waals surface area (Å²) in [4.78, 5) is 0. The highest BCUT2D eigenvalue weighted by atomic mass is 16.6. The van der Waals surface area contributed by atoms with Crippen molar-refractivity contribution in [1.82, 2.24) is 0 Å². The van der Waals surface area contributed by atoms with Crippen LogP contribution in [-0.4, -0.2) is 35.6 Å². The molecule has 1 heterocycles. The molecule has 1 saturated heterocycles. The van der Waals surface area contributed by atoms with Gasteiger partial charge in [0.2, 0.25) is 0 Å². The van der Waals surface area contributed by atoms with Crippen molar-refractivity contribution in [3.63, 3.8) is 0 Å². The van der Waals surface area contributed by atoms with E-state index in [1.54, 1.807) is 0 Å². The number of epoxide rings is 1. The molecule has 3 heteroatoms. The van der Waals surface area contributed by atoms with Crippen molar-refractivity contribution in [2.45, 2.75) is 25.0 Å². The Bertz CT molecular complexity index is 291. The summed E-state index contributed by atoms with van der Waals surface area (Å²) in [6.45, 7) is 0.527. The Morgan fingerprint density at radius 3 is 2.40 bits per heavy atom. The van der Waals surface area contributed by atoms with Crippen molar-refractivity contribution in [2.24, 2.45) is 35.5 Å². The molecule has 0 aromatic heterocycles. The second kappa shape index (κ2) is 2.76. The zero-order valence-corrected chi connectivity index (χ0v) is 8.75. The molecule has 0 aromatic carbocycles. The molecule has 4 aliphatic rings. The molecular weight excluding hydrogens is 192 g/mol. The SMILES string of the molecule is OCC1C2CC(C1CO)C1C2CC2OC21. The van der Waals surface area contributed by atoms with Gasteiger partial charge in [0.25, 0.3) is 0 Å². The molecule has 15 heavy (non-hydrogen) atoms. The van der Waals surface area contributed by atoms with Gasteiger partial charge in [-0.05, 0) is 48.3 Å². The van der Waals surface area contributed by atoms with Crippen molar-refractivity contribution >= 4 is 0 Å². The third kappa shape index (κ3) is 0.931. The van der Waals surface area contributed by atoms with Gasteiger partial charge >= 0.3 is 0 Å². The number of fused-ring (bicyclic) bond motifs is 7. The topological polar surface area (TPSA) is 53.0 Å². The Balaban J connectivity index is 1.66. The predicted molar refractivity (Wildman–Crippen MR) is 53.0 cm³/mol. The summed E-state index contributed by atoms with van der Waals surface area (Å²) in [6, 6.07) is 0. The molecule has 3 aliphatic carbocycles. The number of hydrogen-bond acceptors (Lipinski definition) is 3. The van der Waals surface area contributed by atoms with Gasteiger partial charge < -0.3 is 14.9 Å². The van der Waals surface area contributed by atoms with Crippen LogP contribution < -0.4 is 0 Å². The van der Waals surface area contributed by atoms with Crippen molar-refractivity contribution in [3.8, 4) is 0 Å². The largest absolute Gasteiger partial charge is 0.396 e. The number of rotatable bonds is 2. The van der Waals surface area contributed by atoms with E-state index in [0.717, 1.165) is 11.8 Å². The van der Waals surface area contributed by atoms with Crippen LogP contribution in [0.2, 0.25) is 0 Å². The smallest absolute Gasteiger partial charge is 0.0875 e. The van der Waals surface area contributed by atoms with Gasteiger partial charge in [0.05, 0.1) is 12.2 Å².